The number of carbonyl (C=O) groups excluding carboxylic acids is 1. The second-order valence-corrected chi connectivity index (χ2v) is 4.70. The molecule has 5 nitrogen and oxygen atoms in total. The summed E-state index contributed by atoms with van der Waals surface area (Å²) in [5, 5.41) is 5.61. The fourth-order valence-corrected chi connectivity index (χ4v) is 1.98. The Morgan fingerprint density at radius 2 is 1.95 bits per heavy atom. The maximum atomic E-state index is 11.7. The van der Waals surface area contributed by atoms with Crippen molar-refractivity contribution in [3.05, 3.63) is 59.4 Å². The van der Waals surface area contributed by atoms with E-state index >= 15 is 0 Å². The molecule has 0 atom stereocenters. The van der Waals surface area contributed by atoms with E-state index in [1.54, 1.807) is 19.5 Å². The number of amides is 2. The lowest BCUT2D eigenvalue weighted by Gasteiger charge is -2.10. The molecular formula is C16H19N3O2. The number of aryl methyl sites for hydroxylation is 1. The first-order chi connectivity index (χ1) is 10.2. The number of aromatic nitrogens is 1. The largest absolute Gasteiger partial charge is 0.496 e. The molecule has 0 fully saturated rings. The van der Waals surface area contributed by atoms with Gasteiger partial charge in [0.2, 0.25) is 0 Å². The van der Waals surface area contributed by atoms with Gasteiger partial charge in [-0.1, -0.05) is 18.2 Å². The molecular weight excluding hydrogens is 266 g/mol. The SMILES string of the molecule is COc1ccc(CNC(=O)NCc2cccnc2)cc1C. The van der Waals surface area contributed by atoms with Crippen molar-refractivity contribution in [2.24, 2.45) is 0 Å². The quantitative estimate of drug-likeness (QED) is 0.886. The Bertz CT molecular complexity index is 600. The number of carbonyl (C=O) groups is 1. The highest BCUT2D eigenvalue weighted by atomic mass is 16.5. The summed E-state index contributed by atoms with van der Waals surface area (Å²) in [7, 11) is 1.64. The zero-order valence-corrected chi connectivity index (χ0v) is 12.2. The molecule has 0 aliphatic carbocycles. The van der Waals surface area contributed by atoms with Crippen molar-refractivity contribution in [2.75, 3.05) is 7.11 Å². The van der Waals surface area contributed by atoms with E-state index in [-0.39, 0.29) is 6.03 Å². The summed E-state index contributed by atoms with van der Waals surface area (Å²) in [6, 6.07) is 9.40. The van der Waals surface area contributed by atoms with Gasteiger partial charge in [-0.15, -0.1) is 0 Å². The van der Waals surface area contributed by atoms with E-state index in [1.807, 2.05) is 37.3 Å². The Morgan fingerprint density at radius 3 is 2.57 bits per heavy atom. The van der Waals surface area contributed by atoms with Crippen LogP contribution in [0.5, 0.6) is 5.75 Å². The van der Waals surface area contributed by atoms with Crippen LogP contribution in [0.4, 0.5) is 4.79 Å². The average molecular weight is 285 g/mol. The van der Waals surface area contributed by atoms with Crippen molar-refractivity contribution < 1.29 is 9.53 Å². The number of urea groups is 1. The lowest BCUT2D eigenvalue weighted by Crippen LogP contribution is -2.34. The number of benzene rings is 1. The molecule has 2 N–H and O–H groups in total. The van der Waals surface area contributed by atoms with Gasteiger partial charge in [-0.25, -0.2) is 4.79 Å². The summed E-state index contributed by atoms with van der Waals surface area (Å²) in [6.45, 7) is 2.91. The Balaban J connectivity index is 1.80. The van der Waals surface area contributed by atoms with E-state index in [1.165, 1.54) is 0 Å². The standard InChI is InChI=1S/C16H19N3O2/c1-12-8-13(5-6-15(12)21-2)10-18-16(20)19-11-14-4-3-7-17-9-14/h3-9H,10-11H2,1-2H3,(H2,18,19,20). The van der Waals surface area contributed by atoms with Crippen molar-refractivity contribution in [2.45, 2.75) is 20.0 Å². The third-order valence-electron chi connectivity index (χ3n) is 3.09. The van der Waals surface area contributed by atoms with Crippen molar-refractivity contribution >= 4 is 6.03 Å². The number of ether oxygens (including phenoxy) is 1. The van der Waals surface area contributed by atoms with Crippen molar-refractivity contribution in [1.29, 1.82) is 0 Å². The van der Waals surface area contributed by atoms with Gasteiger partial charge >= 0.3 is 6.03 Å². The maximum absolute atomic E-state index is 11.7. The Hall–Kier alpha value is -2.56. The predicted octanol–water partition coefficient (Wildman–Crippen LogP) is 2.40. The number of rotatable bonds is 5. The Kier molecular flexibility index (Phi) is 5.15. The Morgan fingerprint density at radius 1 is 1.19 bits per heavy atom. The smallest absolute Gasteiger partial charge is 0.315 e. The van der Waals surface area contributed by atoms with Gasteiger partial charge < -0.3 is 15.4 Å². The van der Waals surface area contributed by atoms with Gasteiger partial charge in [0.15, 0.2) is 0 Å². The number of methoxy groups -OCH3 is 1. The molecule has 0 aliphatic heterocycles. The van der Waals surface area contributed by atoms with E-state index in [9.17, 15) is 4.79 Å². The minimum absolute atomic E-state index is 0.202. The molecule has 1 aromatic carbocycles. The number of nitrogens with one attached hydrogen (secondary N) is 2. The third-order valence-corrected chi connectivity index (χ3v) is 3.09. The lowest BCUT2D eigenvalue weighted by molar-refractivity contribution is 0.240. The fourth-order valence-electron chi connectivity index (χ4n) is 1.98. The molecule has 0 unspecified atom stereocenters. The van der Waals surface area contributed by atoms with Crippen LogP contribution in [0.1, 0.15) is 16.7 Å². The molecule has 0 bridgehead atoms. The summed E-state index contributed by atoms with van der Waals surface area (Å²) in [4.78, 5) is 15.7. The molecule has 0 spiro atoms. The van der Waals surface area contributed by atoms with Crippen LogP contribution < -0.4 is 15.4 Å². The number of nitrogens with zero attached hydrogens (tertiary/aromatic N) is 1. The topological polar surface area (TPSA) is 63.2 Å². The van der Waals surface area contributed by atoms with Crippen LogP contribution in [0.25, 0.3) is 0 Å². The molecule has 0 aliphatic rings. The van der Waals surface area contributed by atoms with E-state index in [0.29, 0.717) is 13.1 Å². The molecule has 110 valence electrons. The van der Waals surface area contributed by atoms with E-state index < -0.39 is 0 Å². The van der Waals surface area contributed by atoms with Crippen LogP contribution in [0.15, 0.2) is 42.7 Å². The summed E-state index contributed by atoms with van der Waals surface area (Å²) >= 11 is 0. The van der Waals surface area contributed by atoms with Gasteiger partial charge in [0.05, 0.1) is 7.11 Å². The zero-order valence-electron chi connectivity index (χ0n) is 12.2. The first-order valence-corrected chi connectivity index (χ1v) is 6.73. The summed E-state index contributed by atoms with van der Waals surface area (Å²) < 4.78 is 5.21. The second-order valence-electron chi connectivity index (χ2n) is 4.70. The monoisotopic (exact) mass is 285 g/mol. The highest BCUT2D eigenvalue weighted by Crippen LogP contribution is 2.18. The van der Waals surface area contributed by atoms with E-state index in [4.69, 9.17) is 4.74 Å². The molecule has 1 heterocycles. The van der Waals surface area contributed by atoms with Crippen LogP contribution in [0.3, 0.4) is 0 Å². The second kappa shape index (κ2) is 7.28. The maximum Gasteiger partial charge on any atom is 0.315 e. The lowest BCUT2D eigenvalue weighted by atomic mass is 10.1. The van der Waals surface area contributed by atoms with Crippen molar-refractivity contribution in [3.8, 4) is 5.75 Å². The number of hydrogen-bond donors (Lipinski definition) is 2. The minimum atomic E-state index is -0.202. The minimum Gasteiger partial charge on any atom is -0.496 e. The fraction of sp³-hybridized carbons (Fsp3) is 0.250. The first-order valence-electron chi connectivity index (χ1n) is 6.73. The highest BCUT2D eigenvalue weighted by molar-refractivity contribution is 5.73. The normalized spacial score (nSPS) is 10.0. The molecule has 0 radical (unpaired) electrons. The molecule has 2 aromatic rings. The van der Waals surface area contributed by atoms with E-state index in [2.05, 4.69) is 15.6 Å². The number of pyridine rings is 1. The molecule has 2 rings (SSSR count). The summed E-state index contributed by atoms with van der Waals surface area (Å²) in [5.41, 5.74) is 3.05. The number of hydrogen-bond acceptors (Lipinski definition) is 3. The third kappa shape index (κ3) is 4.49. The van der Waals surface area contributed by atoms with Gasteiger partial charge in [-0.05, 0) is 35.7 Å². The van der Waals surface area contributed by atoms with Crippen molar-refractivity contribution in [3.63, 3.8) is 0 Å². The molecule has 1 aromatic heterocycles. The van der Waals surface area contributed by atoms with Crippen LogP contribution >= 0.6 is 0 Å². The van der Waals surface area contributed by atoms with Gasteiger partial charge in [0.25, 0.3) is 0 Å². The highest BCUT2D eigenvalue weighted by Gasteiger charge is 2.03. The van der Waals surface area contributed by atoms with Gasteiger partial charge in [0.1, 0.15) is 5.75 Å². The Labute approximate surface area is 124 Å². The van der Waals surface area contributed by atoms with Crippen LogP contribution in [0.2, 0.25) is 0 Å². The van der Waals surface area contributed by atoms with Gasteiger partial charge in [0, 0.05) is 25.5 Å². The van der Waals surface area contributed by atoms with Crippen LogP contribution in [-0.2, 0) is 13.1 Å². The van der Waals surface area contributed by atoms with Gasteiger partial charge in [-0.2, -0.15) is 0 Å². The van der Waals surface area contributed by atoms with Crippen LogP contribution in [0, 0.1) is 6.92 Å². The van der Waals surface area contributed by atoms with Crippen LogP contribution in [-0.4, -0.2) is 18.1 Å². The van der Waals surface area contributed by atoms with Crippen molar-refractivity contribution in [1.82, 2.24) is 15.6 Å². The average Bonchev–Trinajstić information content (AvgIpc) is 2.52. The van der Waals surface area contributed by atoms with Gasteiger partial charge in [-0.3, -0.25) is 4.98 Å². The molecule has 0 saturated carbocycles. The zero-order chi connectivity index (χ0) is 15.1. The predicted molar refractivity (Wildman–Crippen MR) is 81.0 cm³/mol. The van der Waals surface area contributed by atoms with E-state index in [0.717, 1.165) is 22.4 Å². The molecule has 21 heavy (non-hydrogen) atoms. The summed E-state index contributed by atoms with van der Waals surface area (Å²) in [5.74, 6) is 0.847. The molecule has 5 heteroatoms. The molecule has 2 amide bonds. The summed E-state index contributed by atoms with van der Waals surface area (Å²) in [6.07, 6.45) is 3.43. The first kappa shape index (κ1) is 14.8. The molecule has 0 saturated heterocycles.